The van der Waals surface area contributed by atoms with E-state index >= 15 is 0 Å². The summed E-state index contributed by atoms with van der Waals surface area (Å²) in [6.45, 7) is 0. The maximum absolute atomic E-state index is 14.3. The normalized spacial score (nSPS) is 22.0. The van der Waals surface area contributed by atoms with Crippen molar-refractivity contribution in [3.05, 3.63) is 129 Å². The van der Waals surface area contributed by atoms with Crippen LogP contribution in [0.5, 0.6) is 0 Å². The van der Waals surface area contributed by atoms with Crippen LogP contribution < -0.4 is 10.2 Å². The summed E-state index contributed by atoms with van der Waals surface area (Å²) in [5.41, 5.74) is -0.260. The average Bonchev–Trinajstić information content (AvgIpc) is 3.30. The second-order valence-electron chi connectivity index (χ2n) is 8.81. The molecule has 6 rings (SSSR count). The summed E-state index contributed by atoms with van der Waals surface area (Å²) in [6.07, 6.45) is -5.15. The molecule has 0 saturated heterocycles. The molecule has 2 aliphatic rings. The Morgan fingerprint density at radius 2 is 1.31 bits per heavy atom. The molecule has 2 heterocycles. The summed E-state index contributed by atoms with van der Waals surface area (Å²) in [5, 5.41) is 4.21. The number of benzene rings is 4. The van der Waals surface area contributed by atoms with E-state index in [0.29, 0.717) is 38.0 Å². The van der Waals surface area contributed by atoms with E-state index in [1.54, 1.807) is 54.6 Å². The second kappa shape index (κ2) is 7.76. The molecule has 2 atom stereocenters. The Kier molecular flexibility index (Phi) is 4.95. The molecule has 0 fully saturated rings. The van der Waals surface area contributed by atoms with Gasteiger partial charge in [-0.3, -0.25) is 9.69 Å². The summed E-state index contributed by atoms with van der Waals surface area (Å²) in [5.74, 6) is -1.98. The molecule has 0 bridgehead atoms. The minimum atomic E-state index is -5.15. The lowest BCUT2D eigenvalue weighted by molar-refractivity contribution is -0.171. The van der Waals surface area contributed by atoms with Crippen LogP contribution in [0.15, 0.2) is 97.1 Å². The number of halogens is 5. The number of fused-ring (bicyclic) bond motifs is 5. The molecule has 1 N–H and O–H groups in total. The number of hydrogen-bond acceptors (Lipinski definition) is 2. The van der Waals surface area contributed by atoms with Crippen LogP contribution in [0, 0.1) is 0 Å². The monoisotopic (exact) mass is 524 g/mol. The fraction of sp³-hybridized carbons (Fsp3) is 0.107. The van der Waals surface area contributed by atoms with Crippen LogP contribution in [-0.2, 0) is 15.9 Å². The lowest BCUT2D eigenvalue weighted by Gasteiger charge is -2.46. The molecular weight excluding hydrogens is 508 g/mol. The summed E-state index contributed by atoms with van der Waals surface area (Å²) in [6, 6.07) is 27.5. The maximum atomic E-state index is 14.3. The van der Waals surface area contributed by atoms with Crippen molar-refractivity contribution in [3.8, 4) is 0 Å². The minimum absolute atomic E-state index is 0.118. The van der Waals surface area contributed by atoms with Crippen molar-refractivity contribution in [2.75, 3.05) is 10.2 Å². The number of carbonyl (C=O) groups excluding carboxylic acids is 1. The first-order chi connectivity index (χ1) is 17.2. The zero-order chi connectivity index (χ0) is 25.3. The van der Waals surface area contributed by atoms with Gasteiger partial charge in [0.2, 0.25) is 0 Å². The first-order valence-electron chi connectivity index (χ1n) is 11.1. The van der Waals surface area contributed by atoms with Gasteiger partial charge in [-0.25, -0.2) is 0 Å². The van der Waals surface area contributed by atoms with Gasteiger partial charge < -0.3 is 5.32 Å². The number of anilines is 2. The van der Waals surface area contributed by atoms with E-state index < -0.39 is 23.2 Å². The summed E-state index contributed by atoms with van der Waals surface area (Å²) in [7, 11) is 0. The number of nitrogens with zero attached hydrogens (tertiary/aromatic N) is 1. The van der Waals surface area contributed by atoms with Gasteiger partial charge in [-0.05, 0) is 47.5 Å². The van der Waals surface area contributed by atoms with Crippen LogP contribution in [0.4, 0.5) is 24.5 Å². The first kappa shape index (κ1) is 23.0. The zero-order valence-electron chi connectivity index (χ0n) is 18.5. The van der Waals surface area contributed by atoms with Gasteiger partial charge in [-0.15, -0.1) is 0 Å². The fourth-order valence-electron chi connectivity index (χ4n) is 5.85. The molecule has 180 valence electrons. The van der Waals surface area contributed by atoms with E-state index in [1.807, 2.05) is 30.3 Å². The predicted molar refractivity (Wildman–Crippen MR) is 135 cm³/mol. The molecule has 1 amide bonds. The maximum Gasteiger partial charge on any atom is 0.471 e. The van der Waals surface area contributed by atoms with Crippen LogP contribution in [0.3, 0.4) is 0 Å². The Labute approximate surface area is 215 Å². The third kappa shape index (κ3) is 2.85. The van der Waals surface area contributed by atoms with E-state index in [9.17, 15) is 18.0 Å². The third-order valence-electron chi connectivity index (χ3n) is 7.02. The molecule has 0 saturated carbocycles. The van der Waals surface area contributed by atoms with E-state index in [2.05, 4.69) is 5.32 Å². The van der Waals surface area contributed by atoms with Crippen molar-refractivity contribution in [2.24, 2.45) is 0 Å². The predicted octanol–water partition coefficient (Wildman–Crippen LogP) is 7.52. The van der Waals surface area contributed by atoms with Gasteiger partial charge in [0.25, 0.3) is 0 Å². The van der Waals surface area contributed by atoms with Crippen LogP contribution in [-0.4, -0.2) is 12.1 Å². The second-order valence-corrected chi connectivity index (χ2v) is 9.68. The molecule has 0 radical (unpaired) electrons. The van der Waals surface area contributed by atoms with Crippen molar-refractivity contribution >= 4 is 40.5 Å². The molecule has 0 aliphatic carbocycles. The third-order valence-corrected chi connectivity index (χ3v) is 7.49. The quantitative estimate of drug-likeness (QED) is 0.294. The highest BCUT2D eigenvalue weighted by molar-refractivity contribution is 6.31. The zero-order valence-corrected chi connectivity index (χ0v) is 20.0. The largest absolute Gasteiger partial charge is 0.471 e. The highest BCUT2D eigenvalue weighted by atomic mass is 35.5. The standard InChI is InChI=1S/C28H17Cl2F3N2O/c29-19-11-13-23-21(15-19)27(18-9-5-2-6-10-18)26(34-23,17-7-3-1-4-8-17)22-16-20(30)12-14-24(22)35(27)25(36)28(31,32)33/h1-16,34H. The average molecular weight is 525 g/mol. The molecule has 4 aromatic rings. The highest BCUT2D eigenvalue weighted by Gasteiger charge is 2.72. The summed E-state index contributed by atoms with van der Waals surface area (Å²) < 4.78 is 43.0. The summed E-state index contributed by atoms with van der Waals surface area (Å²) in [4.78, 5) is 14.3. The van der Waals surface area contributed by atoms with Gasteiger partial charge in [-0.2, -0.15) is 13.2 Å². The number of hydrogen-bond donors (Lipinski definition) is 1. The number of alkyl halides is 3. The van der Waals surface area contributed by atoms with Crippen molar-refractivity contribution < 1.29 is 18.0 Å². The molecule has 2 unspecified atom stereocenters. The lowest BCUT2D eigenvalue weighted by Crippen LogP contribution is -2.60. The van der Waals surface area contributed by atoms with Crippen LogP contribution in [0.25, 0.3) is 0 Å². The molecular formula is C28H17Cl2F3N2O. The molecule has 0 aromatic heterocycles. The fourth-order valence-corrected chi connectivity index (χ4v) is 6.19. The van der Waals surface area contributed by atoms with E-state index in [-0.39, 0.29) is 5.69 Å². The Balaban J connectivity index is 1.86. The Morgan fingerprint density at radius 1 is 0.750 bits per heavy atom. The van der Waals surface area contributed by atoms with Crippen LogP contribution in [0.2, 0.25) is 10.0 Å². The Morgan fingerprint density at radius 3 is 1.92 bits per heavy atom. The minimum Gasteiger partial charge on any atom is -0.369 e. The molecule has 3 nitrogen and oxygen atoms in total. The molecule has 8 heteroatoms. The summed E-state index contributed by atoms with van der Waals surface area (Å²) >= 11 is 12.9. The van der Waals surface area contributed by atoms with Gasteiger partial charge in [0.1, 0.15) is 11.1 Å². The lowest BCUT2D eigenvalue weighted by atomic mass is 9.66. The van der Waals surface area contributed by atoms with Gasteiger partial charge >= 0.3 is 12.1 Å². The van der Waals surface area contributed by atoms with Crippen molar-refractivity contribution in [1.29, 1.82) is 0 Å². The molecule has 0 spiro atoms. The number of rotatable bonds is 2. The van der Waals surface area contributed by atoms with E-state index in [4.69, 9.17) is 23.2 Å². The van der Waals surface area contributed by atoms with E-state index in [1.165, 1.54) is 12.1 Å². The first-order valence-corrected chi connectivity index (χ1v) is 11.9. The molecule has 36 heavy (non-hydrogen) atoms. The number of nitrogens with one attached hydrogen (secondary N) is 1. The van der Waals surface area contributed by atoms with Crippen LogP contribution >= 0.6 is 23.2 Å². The Hall–Kier alpha value is -3.48. The van der Waals surface area contributed by atoms with Crippen LogP contribution in [0.1, 0.15) is 22.3 Å². The highest BCUT2D eigenvalue weighted by Crippen LogP contribution is 2.68. The van der Waals surface area contributed by atoms with Gasteiger partial charge in [0.15, 0.2) is 0 Å². The molecule has 4 aromatic carbocycles. The number of carbonyl (C=O) groups is 1. The molecule has 2 aliphatic heterocycles. The smallest absolute Gasteiger partial charge is 0.369 e. The van der Waals surface area contributed by atoms with Crippen molar-refractivity contribution in [2.45, 2.75) is 17.3 Å². The van der Waals surface area contributed by atoms with Crippen molar-refractivity contribution in [3.63, 3.8) is 0 Å². The van der Waals surface area contributed by atoms with Crippen molar-refractivity contribution in [1.82, 2.24) is 0 Å². The van der Waals surface area contributed by atoms with Gasteiger partial charge in [-0.1, -0.05) is 83.9 Å². The van der Waals surface area contributed by atoms with Gasteiger partial charge in [0, 0.05) is 26.9 Å². The Bertz CT molecular complexity index is 1510. The van der Waals surface area contributed by atoms with E-state index in [0.717, 1.165) is 4.90 Å². The number of amides is 1. The SMILES string of the molecule is O=C(N1c2ccc(Cl)cc2C2(c3ccccc3)Nc3ccc(Cl)cc3C12c1ccccc1)C(F)(F)F. The topological polar surface area (TPSA) is 32.3 Å². The van der Waals surface area contributed by atoms with Gasteiger partial charge in [0.05, 0.1) is 5.69 Å².